The Kier molecular flexibility index (Phi) is 5.44. The molecular weight excluding hydrogens is 336 g/mol. The van der Waals surface area contributed by atoms with E-state index in [-0.39, 0.29) is 12.2 Å². The highest BCUT2D eigenvalue weighted by Crippen LogP contribution is 2.68. The minimum atomic E-state index is -0.172. The second kappa shape index (κ2) is 7.29. The van der Waals surface area contributed by atoms with Crippen LogP contribution in [0.25, 0.3) is 0 Å². The molecule has 0 radical (unpaired) electrons. The highest BCUT2D eigenvalue weighted by Gasteiger charge is 2.62. The van der Waals surface area contributed by atoms with E-state index in [0.29, 0.717) is 47.0 Å². The lowest BCUT2D eigenvalue weighted by atomic mass is 9.43. The van der Waals surface area contributed by atoms with Crippen LogP contribution in [0.3, 0.4) is 0 Å². The molecule has 27 heavy (non-hydrogen) atoms. The maximum absolute atomic E-state index is 11.3. The maximum atomic E-state index is 11.3. The van der Waals surface area contributed by atoms with Crippen LogP contribution < -0.4 is 0 Å². The minimum Gasteiger partial charge on any atom is -0.396 e. The summed E-state index contributed by atoms with van der Waals surface area (Å²) in [5.74, 6) is 3.71. The van der Waals surface area contributed by atoms with Gasteiger partial charge >= 0.3 is 0 Å². The van der Waals surface area contributed by atoms with Gasteiger partial charge in [-0.05, 0) is 111 Å². The van der Waals surface area contributed by atoms with Crippen molar-refractivity contribution in [3.05, 3.63) is 0 Å². The van der Waals surface area contributed by atoms with Gasteiger partial charge in [0.25, 0.3) is 0 Å². The van der Waals surface area contributed by atoms with Crippen molar-refractivity contribution in [3.63, 3.8) is 0 Å². The van der Waals surface area contributed by atoms with Crippen molar-refractivity contribution in [2.45, 2.75) is 97.2 Å². The summed E-state index contributed by atoms with van der Waals surface area (Å²) in [5.41, 5.74) is 0.694. The van der Waals surface area contributed by atoms with Crippen molar-refractivity contribution in [2.24, 2.45) is 46.3 Å². The van der Waals surface area contributed by atoms with E-state index in [0.717, 1.165) is 44.4 Å². The number of aliphatic hydroxyl groups is 3. The third-order valence-electron chi connectivity index (χ3n) is 10.2. The zero-order chi connectivity index (χ0) is 19.4. The third kappa shape index (κ3) is 3.11. The van der Waals surface area contributed by atoms with Crippen LogP contribution in [0.2, 0.25) is 0 Å². The Labute approximate surface area is 165 Å². The van der Waals surface area contributed by atoms with E-state index in [1.807, 2.05) is 0 Å². The molecule has 3 N–H and O–H groups in total. The van der Waals surface area contributed by atoms with E-state index < -0.39 is 0 Å². The molecule has 0 aromatic heterocycles. The first-order valence-corrected chi connectivity index (χ1v) is 11.8. The van der Waals surface area contributed by atoms with Gasteiger partial charge in [-0.15, -0.1) is 0 Å². The molecule has 4 fully saturated rings. The summed E-state index contributed by atoms with van der Waals surface area (Å²) in [7, 11) is 0. The second-order valence-electron chi connectivity index (χ2n) is 11.3. The van der Waals surface area contributed by atoms with Gasteiger partial charge in [-0.25, -0.2) is 0 Å². The molecule has 0 spiro atoms. The molecule has 4 aliphatic rings. The zero-order valence-electron chi connectivity index (χ0n) is 17.7. The fourth-order valence-electron chi connectivity index (χ4n) is 8.79. The third-order valence-corrected chi connectivity index (χ3v) is 10.2. The highest BCUT2D eigenvalue weighted by atomic mass is 16.3. The number of hydrogen-bond donors (Lipinski definition) is 3. The van der Waals surface area contributed by atoms with Crippen molar-refractivity contribution in [1.82, 2.24) is 0 Å². The first-order chi connectivity index (χ1) is 12.8. The molecule has 0 bridgehead atoms. The van der Waals surface area contributed by atoms with Crippen LogP contribution in [0.5, 0.6) is 0 Å². The zero-order valence-corrected chi connectivity index (χ0v) is 17.7. The first kappa shape index (κ1) is 20.2. The van der Waals surface area contributed by atoms with Crippen LogP contribution in [0.15, 0.2) is 0 Å². The summed E-state index contributed by atoms with van der Waals surface area (Å²) >= 11 is 0. The number of aliphatic hydroxyl groups excluding tert-OH is 3. The minimum absolute atomic E-state index is 0.149. The first-order valence-electron chi connectivity index (χ1n) is 11.8. The van der Waals surface area contributed by atoms with Crippen molar-refractivity contribution in [3.8, 4) is 0 Å². The van der Waals surface area contributed by atoms with Gasteiger partial charge in [0, 0.05) is 6.61 Å². The van der Waals surface area contributed by atoms with Crippen molar-refractivity contribution >= 4 is 0 Å². The van der Waals surface area contributed by atoms with Crippen molar-refractivity contribution in [1.29, 1.82) is 0 Å². The van der Waals surface area contributed by atoms with Gasteiger partial charge in [-0.1, -0.05) is 20.8 Å². The predicted molar refractivity (Wildman–Crippen MR) is 108 cm³/mol. The molecule has 0 heterocycles. The predicted octanol–water partition coefficient (Wildman–Crippen LogP) is 4.39. The van der Waals surface area contributed by atoms with Crippen LogP contribution >= 0.6 is 0 Å². The van der Waals surface area contributed by atoms with Gasteiger partial charge in [0.15, 0.2) is 0 Å². The van der Waals surface area contributed by atoms with Crippen molar-refractivity contribution in [2.75, 3.05) is 6.61 Å². The van der Waals surface area contributed by atoms with Crippen LogP contribution in [0, 0.1) is 46.3 Å². The Bertz CT molecular complexity index is 536. The van der Waals surface area contributed by atoms with Gasteiger partial charge in [0.05, 0.1) is 12.2 Å². The Morgan fingerprint density at radius 2 is 1.63 bits per heavy atom. The molecule has 0 aromatic carbocycles. The molecule has 4 aliphatic carbocycles. The van der Waals surface area contributed by atoms with Crippen LogP contribution in [0.4, 0.5) is 0 Å². The monoisotopic (exact) mass is 378 g/mol. The summed E-state index contributed by atoms with van der Waals surface area (Å²) in [6.45, 7) is 7.74. The fraction of sp³-hybridized carbons (Fsp3) is 1.00. The lowest BCUT2D eigenvalue weighted by Gasteiger charge is -2.62. The topological polar surface area (TPSA) is 60.7 Å². The van der Waals surface area contributed by atoms with Crippen LogP contribution in [-0.2, 0) is 0 Å². The molecule has 0 amide bonds. The Hall–Kier alpha value is -0.120. The second-order valence-corrected chi connectivity index (χ2v) is 11.3. The molecule has 0 saturated heterocycles. The van der Waals surface area contributed by atoms with Crippen LogP contribution in [0.1, 0.15) is 85.0 Å². The average Bonchev–Trinajstić information content (AvgIpc) is 2.98. The summed E-state index contributed by atoms with van der Waals surface area (Å²) in [4.78, 5) is 0. The highest BCUT2D eigenvalue weighted by molar-refractivity contribution is 5.11. The van der Waals surface area contributed by atoms with Crippen LogP contribution in [-0.4, -0.2) is 34.1 Å². The quantitative estimate of drug-likeness (QED) is 0.680. The van der Waals surface area contributed by atoms with Gasteiger partial charge in [0.2, 0.25) is 0 Å². The van der Waals surface area contributed by atoms with E-state index in [9.17, 15) is 15.3 Å². The van der Waals surface area contributed by atoms with Crippen molar-refractivity contribution < 1.29 is 15.3 Å². The standard InChI is InChI=1S/C24H42O3/c1-15(5-4-12-25)18-6-7-19-22-20(9-11-24(18,19)3)23(2)10-8-17(26)13-16(23)14-21(22)27/h15-22,25-27H,4-14H2,1-3H3/t15?,16?,17?,18-,19+,20+,21?,22+,23+,24-/m1/s1. The molecule has 3 nitrogen and oxygen atoms in total. The van der Waals surface area contributed by atoms with Gasteiger partial charge in [0.1, 0.15) is 0 Å². The summed E-state index contributed by atoms with van der Waals surface area (Å²) < 4.78 is 0. The van der Waals surface area contributed by atoms with E-state index >= 15 is 0 Å². The Morgan fingerprint density at radius 3 is 2.37 bits per heavy atom. The lowest BCUT2D eigenvalue weighted by Crippen LogP contribution is -2.58. The number of hydrogen-bond acceptors (Lipinski definition) is 3. The van der Waals surface area contributed by atoms with E-state index in [1.54, 1.807) is 0 Å². The Morgan fingerprint density at radius 1 is 0.926 bits per heavy atom. The molecular formula is C24H42O3. The number of rotatable bonds is 4. The van der Waals surface area contributed by atoms with E-state index in [2.05, 4.69) is 20.8 Å². The smallest absolute Gasteiger partial charge is 0.0577 e. The lowest BCUT2D eigenvalue weighted by molar-refractivity contribution is -0.174. The molecule has 4 rings (SSSR count). The molecule has 4 unspecified atom stereocenters. The van der Waals surface area contributed by atoms with Gasteiger partial charge in [-0.2, -0.15) is 0 Å². The molecule has 4 saturated carbocycles. The normalized spacial score (nSPS) is 53.3. The summed E-state index contributed by atoms with van der Waals surface area (Å²) in [5, 5.41) is 30.7. The fourth-order valence-corrected chi connectivity index (χ4v) is 8.79. The summed E-state index contributed by atoms with van der Waals surface area (Å²) in [6.07, 6.45) is 10.8. The number of fused-ring (bicyclic) bond motifs is 5. The molecule has 0 aliphatic heterocycles. The average molecular weight is 379 g/mol. The molecule has 10 atom stereocenters. The molecule has 3 heteroatoms. The van der Waals surface area contributed by atoms with Gasteiger partial charge in [-0.3, -0.25) is 0 Å². The van der Waals surface area contributed by atoms with Gasteiger partial charge < -0.3 is 15.3 Å². The largest absolute Gasteiger partial charge is 0.396 e. The Balaban J connectivity index is 1.57. The van der Waals surface area contributed by atoms with E-state index in [1.165, 1.54) is 25.7 Å². The molecule has 0 aromatic rings. The SMILES string of the molecule is CC(CCCO)[C@H]1CC[C@H]2[C@@H]3C(O)CC4CC(O)CC[C@]4(C)[C@H]3CC[C@]12C. The maximum Gasteiger partial charge on any atom is 0.0577 e. The summed E-state index contributed by atoms with van der Waals surface area (Å²) in [6, 6.07) is 0. The van der Waals surface area contributed by atoms with E-state index in [4.69, 9.17) is 0 Å². The molecule has 156 valence electrons.